The smallest absolute Gasteiger partial charge is 0.165 e. The molecule has 0 radical (unpaired) electrons. The zero-order valence-corrected chi connectivity index (χ0v) is 12.2. The maximum Gasteiger partial charge on any atom is 0.165 e. The fourth-order valence-corrected chi connectivity index (χ4v) is 2.97. The first-order chi connectivity index (χ1) is 10.8. The van der Waals surface area contributed by atoms with Gasteiger partial charge in [0.05, 0.1) is 23.6 Å². The number of nitrogens with two attached hydrogens (primary N) is 1. The molecule has 0 spiro atoms. The second kappa shape index (κ2) is 5.31. The summed E-state index contributed by atoms with van der Waals surface area (Å²) in [5.41, 5.74) is 10.0. The third-order valence-corrected chi connectivity index (χ3v) is 4.01. The molecule has 3 N–H and O–H groups in total. The van der Waals surface area contributed by atoms with Crippen molar-refractivity contribution >= 4 is 17.2 Å². The van der Waals surface area contributed by atoms with Crippen molar-refractivity contribution in [1.82, 2.24) is 19.9 Å². The molecule has 0 atom stereocenters. The number of nitrogen functional groups attached to an aromatic ring is 1. The van der Waals surface area contributed by atoms with Crippen LogP contribution >= 0.6 is 0 Å². The Morgan fingerprint density at radius 2 is 1.86 bits per heavy atom. The van der Waals surface area contributed by atoms with Crippen LogP contribution in [-0.4, -0.2) is 40.8 Å². The van der Waals surface area contributed by atoms with E-state index in [0.29, 0.717) is 5.82 Å². The lowest BCUT2D eigenvalue weighted by atomic mass is 10.0. The highest BCUT2D eigenvalue weighted by Gasteiger charge is 2.19. The number of rotatable bonds is 2. The number of hydrogen-bond acceptors (Lipinski definition) is 5. The van der Waals surface area contributed by atoms with Crippen LogP contribution in [0.1, 0.15) is 0 Å². The third-order valence-electron chi connectivity index (χ3n) is 4.01. The molecule has 1 fully saturated rings. The highest BCUT2D eigenvalue weighted by Crippen LogP contribution is 2.34. The number of imidazole rings is 1. The van der Waals surface area contributed by atoms with Gasteiger partial charge in [-0.3, -0.25) is 0 Å². The fourth-order valence-electron chi connectivity index (χ4n) is 2.97. The molecule has 1 aliphatic heterocycles. The molecule has 3 heterocycles. The number of hydrogen-bond donors (Lipinski definition) is 2. The van der Waals surface area contributed by atoms with Gasteiger partial charge in [0.15, 0.2) is 5.65 Å². The van der Waals surface area contributed by atoms with Gasteiger partial charge < -0.3 is 16.0 Å². The van der Waals surface area contributed by atoms with Crippen molar-refractivity contribution in [2.75, 3.05) is 36.8 Å². The second-order valence-electron chi connectivity index (χ2n) is 5.44. The molecule has 4 rings (SSSR count). The van der Waals surface area contributed by atoms with E-state index < -0.39 is 0 Å². The Labute approximate surface area is 128 Å². The number of benzene rings is 1. The topological polar surface area (TPSA) is 71.5 Å². The summed E-state index contributed by atoms with van der Waals surface area (Å²) in [4.78, 5) is 6.84. The summed E-state index contributed by atoms with van der Waals surface area (Å²) >= 11 is 0. The molecule has 3 aromatic rings. The Bertz CT molecular complexity index is 789. The van der Waals surface area contributed by atoms with Crippen molar-refractivity contribution < 1.29 is 0 Å². The first-order valence-corrected chi connectivity index (χ1v) is 7.48. The minimum absolute atomic E-state index is 0.488. The lowest BCUT2D eigenvalue weighted by molar-refractivity contribution is 0.588. The van der Waals surface area contributed by atoms with Gasteiger partial charge in [0.25, 0.3) is 0 Å². The minimum Gasteiger partial charge on any atom is -0.382 e. The van der Waals surface area contributed by atoms with E-state index in [0.717, 1.165) is 48.6 Å². The molecule has 1 aromatic carbocycles. The quantitative estimate of drug-likeness (QED) is 0.747. The van der Waals surface area contributed by atoms with E-state index in [9.17, 15) is 0 Å². The fraction of sp³-hybridized carbons (Fsp3) is 0.250. The Hall–Kier alpha value is -2.60. The summed E-state index contributed by atoms with van der Waals surface area (Å²) < 4.78 is 1.75. The van der Waals surface area contributed by atoms with E-state index in [2.05, 4.69) is 32.4 Å². The summed E-state index contributed by atoms with van der Waals surface area (Å²) in [6.45, 7) is 3.90. The monoisotopic (exact) mass is 294 g/mol. The second-order valence-corrected chi connectivity index (χ2v) is 5.44. The van der Waals surface area contributed by atoms with Crippen LogP contribution in [0.15, 0.2) is 42.7 Å². The maximum atomic E-state index is 5.87. The Kier molecular flexibility index (Phi) is 3.16. The van der Waals surface area contributed by atoms with Gasteiger partial charge in [-0.05, 0) is 5.56 Å². The highest BCUT2D eigenvalue weighted by molar-refractivity contribution is 5.89. The summed E-state index contributed by atoms with van der Waals surface area (Å²) in [6.07, 6.45) is 3.67. The first-order valence-electron chi connectivity index (χ1n) is 7.48. The summed E-state index contributed by atoms with van der Waals surface area (Å²) in [6, 6.07) is 10.3. The summed E-state index contributed by atoms with van der Waals surface area (Å²) in [7, 11) is 0. The predicted octanol–water partition coefficient (Wildman–Crippen LogP) is 1.39. The first kappa shape index (κ1) is 13.1. The van der Waals surface area contributed by atoms with Gasteiger partial charge in [-0.25, -0.2) is 9.50 Å². The number of piperazine rings is 1. The normalized spacial score (nSPS) is 15.4. The molecule has 1 aliphatic rings. The summed E-state index contributed by atoms with van der Waals surface area (Å²) in [5, 5.41) is 7.86. The number of fused-ring (bicyclic) bond motifs is 1. The van der Waals surface area contributed by atoms with Crippen molar-refractivity contribution in [2.45, 2.75) is 0 Å². The van der Waals surface area contributed by atoms with Crippen LogP contribution in [0.2, 0.25) is 0 Å². The van der Waals surface area contributed by atoms with Crippen LogP contribution in [0, 0.1) is 0 Å². The van der Waals surface area contributed by atoms with Crippen LogP contribution in [0.4, 0.5) is 11.5 Å². The molecule has 6 heteroatoms. The van der Waals surface area contributed by atoms with Gasteiger partial charge in [-0.2, -0.15) is 5.10 Å². The largest absolute Gasteiger partial charge is 0.382 e. The Morgan fingerprint density at radius 1 is 1.09 bits per heavy atom. The third kappa shape index (κ3) is 2.17. The average molecular weight is 294 g/mol. The van der Waals surface area contributed by atoms with Gasteiger partial charge in [-0.15, -0.1) is 0 Å². The number of nitrogens with one attached hydrogen (secondary N) is 1. The minimum atomic E-state index is 0.488. The number of aromatic nitrogens is 3. The van der Waals surface area contributed by atoms with Gasteiger partial charge in [-0.1, -0.05) is 30.3 Å². The van der Waals surface area contributed by atoms with E-state index in [4.69, 9.17) is 5.73 Å². The molecule has 0 bridgehead atoms. The van der Waals surface area contributed by atoms with Crippen molar-refractivity contribution in [1.29, 1.82) is 0 Å². The van der Waals surface area contributed by atoms with Gasteiger partial charge in [0, 0.05) is 26.2 Å². The van der Waals surface area contributed by atoms with E-state index in [1.165, 1.54) is 0 Å². The molecule has 0 aliphatic carbocycles. The molecule has 22 heavy (non-hydrogen) atoms. The van der Waals surface area contributed by atoms with E-state index in [-0.39, 0.29) is 0 Å². The van der Waals surface area contributed by atoms with Gasteiger partial charge in [0.1, 0.15) is 5.82 Å². The van der Waals surface area contributed by atoms with Crippen molar-refractivity contribution in [3.63, 3.8) is 0 Å². The van der Waals surface area contributed by atoms with Crippen LogP contribution in [-0.2, 0) is 0 Å². The zero-order valence-electron chi connectivity index (χ0n) is 12.2. The number of anilines is 2. The molecule has 0 unspecified atom stereocenters. The molecular weight excluding hydrogens is 276 g/mol. The highest BCUT2D eigenvalue weighted by atomic mass is 15.3. The molecule has 0 saturated carbocycles. The van der Waals surface area contributed by atoms with E-state index in [1.54, 1.807) is 10.7 Å². The van der Waals surface area contributed by atoms with Gasteiger partial charge >= 0.3 is 0 Å². The lowest BCUT2D eigenvalue weighted by Gasteiger charge is -2.30. The average Bonchev–Trinajstić information content (AvgIpc) is 2.95. The van der Waals surface area contributed by atoms with Crippen LogP contribution in [0.5, 0.6) is 0 Å². The zero-order chi connectivity index (χ0) is 14.9. The van der Waals surface area contributed by atoms with Crippen LogP contribution in [0.25, 0.3) is 16.8 Å². The molecular formula is C16H18N6. The molecule has 1 saturated heterocycles. The maximum absolute atomic E-state index is 5.87. The van der Waals surface area contributed by atoms with Crippen molar-refractivity contribution in [3.8, 4) is 11.1 Å². The molecule has 2 aromatic heterocycles. The lowest BCUT2D eigenvalue weighted by Crippen LogP contribution is -2.43. The van der Waals surface area contributed by atoms with Gasteiger partial charge in [0.2, 0.25) is 0 Å². The number of nitrogens with zero attached hydrogens (tertiary/aromatic N) is 4. The van der Waals surface area contributed by atoms with Crippen LogP contribution in [0.3, 0.4) is 0 Å². The van der Waals surface area contributed by atoms with E-state index in [1.807, 2.05) is 24.4 Å². The van der Waals surface area contributed by atoms with E-state index >= 15 is 0 Å². The van der Waals surface area contributed by atoms with Crippen molar-refractivity contribution in [3.05, 3.63) is 42.7 Å². The standard InChI is InChI=1S/C16H18N6/c17-14-11-22-16(20-14)15(12-4-2-1-3-5-12)13(10-19-22)21-8-6-18-7-9-21/h1-5,10-11,18H,6-9,17H2. The molecule has 0 amide bonds. The summed E-state index contributed by atoms with van der Waals surface area (Å²) in [5.74, 6) is 0.488. The van der Waals surface area contributed by atoms with Crippen LogP contribution < -0.4 is 16.0 Å². The molecule has 112 valence electrons. The SMILES string of the molecule is Nc1cn2ncc(N3CCNCC3)c(-c3ccccc3)c2n1. The Morgan fingerprint density at radius 3 is 2.64 bits per heavy atom. The Balaban J connectivity index is 1.95. The van der Waals surface area contributed by atoms with Crippen molar-refractivity contribution in [2.24, 2.45) is 0 Å². The predicted molar refractivity (Wildman–Crippen MR) is 87.9 cm³/mol. The molecule has 6 nitrogen and oxygen atoms in total.